The van der Waals surface area contributed by atoms with Gasteiger partial charge in [-0.1, -0.05) is 42.5 Å². The van der Waals surface area contributed by atoms with Crippen LogP contribution in [-0.2, 0) is 20.8 Å². The van der Waals surface area contributed by atoms with Gasteiger partial charge in [0, 0.05) is 12.5 Å². The molecule has 4 atom stereocenters. The first-order valence-corrected chi connectivity index (χ1v) is 11.2. The highest BCUT2D eigenvalue weighted by Gasteiger charge is 2.68. The molecule has 2 fully saturated rings. The van der Waals surface area contributed by atoms with Crippen molar-refractivity contribution in [2.45, 2.75) is 18.0 Å². The number of rotatable bonds is 6. The molecule has 0 radical (unpaired) electrons. The van der Waals surface area contributed by atoms with Crippen LogP contribution < -0.4 is 15.0 Å². The summed E-state index contributed by atoms with van der Waals surface area (Å²) in [7, 11) is 1.52. The third kappa shape index (κ3) is 3.66. The number of amides is 2. The number of carbonyl (C=O) groups is 3. The van der Waals surface area contributed by atoms with Crippen LogP contribution in [0.2, 0.25) is 0 Å². The van der Waals surface area contributed by atoms with Crippen LogP contribution in [0.1, 0.15) is 17.2 Å². The Hall–Kier alpha value is -4.04. The molecule has 0 aromatic heterocycles. The van der Waals surface area contributed by atoms with Gasteiger partial charge in [-0.25, -0.2) is 9.29 Å². The molecular formula is C27H23FN2O5. The lowest BCUT2D eigenvalue weighted by molar-refractivity contribution is -0.148. The van der Waals surface area contributed by atoms with Gasteiger partial charge in [0.1, 0.15) is 17.1 Å². The van der Waals surface area contributed by atoms with Crippen LogP contribution in [-0.4, -0.2) is 35.5 Å². The smallest absolute Gasteiger partial charge is 0.325 e. The van der Waals surface area contributed by atoms with Crippen molar-refractivity contribution in [3.8, 4) is 5.75 Å². The van der Waals surface area contributed by atoms with Gasteiger partial charge in [-0.2, -0.15) is 0 Å². The minimum atomic E-state index is -1.73. The van der Waals surface area contributed by atoms with Gasteiger partial charge < -0.3 is 9.84 Å². The highest BCUT2D eigenvalue weighted by atomic mass is 19.1. The number of halogens is 1. The number of hydrogen-bond donors (Lipinski definition) is 2. The molecule has 2 aliphatic heterocycles. The minimum absolute atomic E-state index is 0.00108. The Bertz CT molecular complexity index is 1300. The van der Waals surface area contributed by atoms with Gasteiger partial charge in [0.2, 0.25) is 11.8 Å². The second-order valence-electron chi connectivity index (χ2n) is 8.83. The second-order valence-corrected chi connectivity index (χ2v) is 8.83. The van der Waals surface area contributed by atoms with Gasteiger partial charge in [-0.15, -0.1) is 0 Å². The SMILES string of the molecule is COc1cccc([C@@H]2N[C@](Cc3ccccc3)(C(=O)O)[C@H]3C(=O)N(c4ccc(F)cc4)C(=O)[C@H]23)c1. The molecule has 178 valence electrons. The standard InChI is InChI=1S/C27H23FN2O5/c1-35-20-9-5-8-17(14-20)23-21-22(25(32)30(24(21)31)19-12-10-18(28)11-13-19)27(29-23,26(33)34)15-16-6-3-2-4-7-16/h2-14,21-23,29H,15H2,1H3,(H,33,34)/t21-,22+,23-,27-/m0/s1. The number of methoxy groups -OCH3 is 1. The van der Waals surface area contributed by atoms with Gasteiger partial charge in [0.15, 0.2) is 0 Å². The molecule has 3 aromatic rings. The fraction of sp³-hybridized carbons (Fsp3) is 0.222. The lowest BCUT2D eigenvalue weighted by atomic mass is 9.76. The number of anilines is 1. The number of carboxylic acids is 1. The average Bonchev–Trinajstić information content (AvgIpc) is 3.34. The largest absolute Gasteiger partial charge is 0.497 e. The first-order valence-electron chi connectivity index (χ1n) is 11.2. The number of nitrogens with zero attached hydrogens (tertiary/aromatic N) is 1. The van der Waals surface area contributed by atoms with Crippen molar-refractivity contribution in [1.29, 1.82) is 0 Å². The van der Waals surface area contributed by atoms with Crippen LogP contribution in [0, 0.1) is 17.7 Å². The molecule has 0 spiro atoms. The van der Waals surface area contributed by atoms with Crippen molar-refractivity contribution in [2.24, 2.45) is 11.8 Å². The monoisotopic (exact) mass is 474 g/mol. The number of carboxylic acid groups (broad SMARTS) is 1. The molecule has 2 aliphatic rings. The van der Waals surface area contributed by atoms with E-state index in [1.807, 2.05) is 6.07 Å². The molecule has 3 aromatic carbocycles. The van der Waals surface area contributed by atoms with E-state index in [-0.39, 0.29) is 12.1 Å². The summed E-state index contributed by atoms with van der Waals surface area (Å²) in [6.07, 6.45) is 0.00108. The van der Waals surface area contributed by atoms with Crippen LogP contribution in [0.25, 0.3) is 0 Å². The normalized spacial score (nSPS) is 25.5. The lowest BCUT2D eigenvalue weighted by Crippen LogP contribution is -2.57. The molecular weight excluding hydrogens is 451 g/mol. The first kappa shape index (κ1) is 22.7. The Kier molecular flexibility index (Phi) is 5.61. The molecule has 2 saturated heterocycles. The topological polar surface area (TPSA) is 95.9 Å². The molecule has 35 heavy (non-hydrogen) atoms. The maximum Gasteiger partial charge on any atom is 0.325 e. The van der Waals surface area contributed by atoms with Crippen LogP contribution in [0.15, 0.2) is 78.9 Å². The molecule has 0 unspecified atom stereocenters. The molecule has 8 heteroatoms. The summed E-state index contributed by atoms with van der Waals surface area (Å²) in [5.74, 6) is -4.47. The highest BCUT2D eigenvalue weighted by Crippen LogP contribution is 2.51. The zero-order chi connectivity index (χ0) is 24.7. The summed E-state index contributed by atoms with van der Waals surface area (Å²) in [5, 5.41) is 13.7. The van der Waals surface area contributed by atoms with E-state index in [0.29, 0.717) is 16.9 Å². The van der Waals surface area contributed by atoms with Gasteiger partial charge in [0.25, 0.3) is 0 Å². The van der Waals surface area contributed by atoms with E-state index in [1.54, 1.807) is 48.5 Å². The molecule has 0 aliphatic carbocycles. The van der Waals surface area contributed by atoms with Gasteiger partial charge in [-0.3, -0.25) is 19.7 Å². The fourth-order valence-corrected chi connectivity index (χ4v) is 5.32. The average molecular weight is 474 g/mol. The predicted octanol–water partition coefficient (Wildman–Crippen LogP) is 3.35. The number of benzene rings is 3. The Labute approximate surface area is 201 Å². The third-order valence-electron chi connectivity index (χ3n) is 6.90. The van der Waals surface area contributed by atoms with Crippen LogP contribution in [0.3, 0.4) is 0 Å². The number of aliphatic carboxylic acids is 1. The van der Waals surface area contributed by atoms with Crippen molar-refractivity contribution in [3.05, 3.63) is 95.8 Å². The van der Waals surface area contributed by atoms with Gasteiger partial charge >= 0.3 is 5.97 Å². The number of ether oxygens (including phenoxy) is 1. The van der Waals surface area contributed by atoms with Crippen LogP contribution in [0.5, 0.6) is 5.75 Å². The molecule has 0 bridgehead atoms. The van der Waals surface area contributed by atoms with E-state index in [1.165, 1.54) is 19.2 Å². The molecule has 5 rings (SSSR count). The number of fused-ring (bicyclic) bond motifs is 1. The van der Waals surface area contributed by atoms with Crippen molar-refractivity contribution in [2.75, 3.05) is 12.0 Å². The van der Waals surface area contributed by atoms with Crippen molar-refractivity contribution in [3.63, 3.8) is 0 Å². The predicted molar refractivity (Wildman–Crippen MR) is 125 cm³/mol. The van der Waals surface area contributed by atoms with E-state index in [9.17, 15) is 23.9 Å². The quantitative estimate of drug-likeness (QED) is 0.532. The summed E-state index contributed by atoms with van der Waals surface area (Å²) in [6.45, 7) is 0. The van der Waals surface area contributed by atoms with E-state index in [0.717, 1.165) is 17.0 Å². The lowest BCUT2D eigenvalue weighted by Gasteiger charge is -2.31. The zero-order valence-electron chi connectivity index (χ0n) is 18.9. The molecule has 0 saturated carbocycles. The van der Waals surface area contributed by atoms with Gasteiger partial charge in [0.05, 0.1) is 24.6 Å². The third-order valence-corrected chi connectivity index (χ3v) is 6.90. The molecule has 7 nitrogen and oxygen atoms in total. The van der Waals surface area contributed by atoms with Crippen LogP contribution in [0.4, 0.5) is 10.1 Å². The van der Waals surface area contributed by atoms with Crippen molar-refractivity contribution in [1.82, 2.24) is 5.32 Å². The summed E-state index contributed by atoms with van der Waals surface area (Å²) in [5.41, 5.74) is -0.175. The van der Waals surface area contributed by atoms with E-state index in [4.69, 9.17) is 4.74 Å². The van der Waals surface area contributed by atoms with Crippen molar-refractivity contribution < 1.29 is 28.6 Å². The first-order chi connectivity index (χ1) is 16.9. The summed E-state index contributed by atoms with van der Waals surface area (Å²) in [6, 6.07) is 20.3. The maximum atomic E-state index is 13.8. The van der Waals surface area contributed by atoms with E-state index < -0.39 is 47.0 Å². The molecule has 2 heterocycles. The van der Waals surface area contributed by atoms with Gasteiger partial charge in [-0.05, 0) is 47.5 Å². The number of hydrogen-bond acceptors (Lipinski definition) is 5. The minimum Gasteiger partial charge on any atom is -0.497 e. The molecule has 2 amide bonds. The number of carbonyl (C=O) groups excluding carboxylic acids is 2. The maximum absolute atomic E-state index is 13.8. The number of nitrogens with one attached hydrogen (secondary N) is 1. The highest BCUT2D eigenvalue weighted by molar-refractivity contribution is 6.24. The Balaban J connectivity index is 1.66. The van der Waals surface area contributed by atoms with Crippen LogP contribution >= 0.6 is 0 Å². The van der Waals surface area contributed by atoms with E-state index >= 15 is 0 Å². The second kappa shape index (κ2) is 8.63. The summed E-state index contributed by atoms with van der Waals surface area (Å²) in [4.78, 5) is 41.4. The van der Waals surface area contributed by atoms with E-state index in [2.05, 4.69) is 5.32 Å². The van der Waals surface area contributed by atoms with Crippen molar-refractivity contribution >= 4 is 23.5 Å². The Morgan fingerprint density at radius 3 is 2.40 bits per heavy atom. The fourth-order valence-electron chi connectivity index (χ4n) is 5.32. The summed E-state index contributed by atoms with van der Waals surface area (Å²) >= 11 is 0. The Morgan fingerprint density at radius 2 is 1.74 bits per heavy atom. The Morgan fingerprint density at radius 1 is 1.03 bits per heavy atom. The zero-order valence-corrected chi connectivity index (χ0v) is 18.9. The number of imide groups is 1. The summed E-state index contributed by atoms with van der Waals surface area (Å²) < 4.78 is 18.9. The molecule has 2 N–H and O–H groups in total.